The summed E-state index contributed by atoms with van der Waals surface area (Å²) in [6.45, 7) is 4.09. The van der Waals surface area contributed by atoms with Gasteiger partial charge < -0.3 is 4.74 Å². The van der Waals surface area contributed by atoms with Gasteiger partial charge >= 0.3 is 0 Å². The zero-order chi connectivity index (χ0) is 9.14. The van der Waals surface area contributed by atoms with Crippen molar-refractivity contribution in [2.45, 2.75) is 45.3 Å². The first-order valence-electron chi connectivity index (χ1n) is 4.41. The largest absolute Gasteiger partial charge is 0.376 e. The first kappa shape index (κ1) is 10.0. The molecule has 0 aromatic carbocycles. The molecule has 0 N–H and O–H groups in total. The Morgan fingerprint density at radius 3 is 2.33 bits per heavy atom. The highest BCUT2D eigenvalue weighted by Crippen LogP contribution is 2.27. The molecule has 0 amide bonds. The van der Waals surface area contributed by atoms with Crippen LogP contribution < -0.4 is 0 Å². The summed E-state index contributed by atoms with van der Waals surface area (Å²) < 4.78 is 5.54. The molecule has 1 unspecified atom stereocenters. The molecule has 3 atom stereocenters. The van der Waals surface area contributed by atoms with Crippen LogP contribution in [0.3, 0.4) is 0 Å². The standard InChI is InChI=1S/C9H15ClO2/c1-6-3-8(5-9(10)11)4-7(2)12-6/h6-8H,3-5H2,1-2H3/t6-,7+,8?. The van der Waals surface area contributed by atoms with Gasteiger partial charge in [0.25, 0.3) is 0 Å². The highest BCUT2D eigenvalue weighted by atomic mass is 35.5. The maximum Gasteiger partial charge on any atom is 0.221 e. The normalized spacial score (nSPS) is 36.4. The van der Waals surface area contributed by atoms with Gasteiger partial charge in [-0.1, -0.05) is 0 Å². The van der Waals surface area contributed by atoms with Crippen LogP contribution in [0.1, 0.15) is 33.1 Å². The van der Waals surface area contributed by atoms with Crippen LogP contribution in [0.25, 0.3) is 0 Å². The average molecular weight is 191 g/mol. The Bertz CT molecular complexity index is 160. The molecular weight excluding hydrogens is 176 g/mol. The van der Waals surface area contributed by atoms with E-state index >= 15 is 0 Å². The molecule has 1 rings (SSSR count). The predicted octanol–water partition coefficient (Wildman–Crippen LogP) is 2.35. The number of carbonyl (C=O) groups is 1. The summed E-state index contributed by atoms with van der Waals surface area (Å²) in [5.41, 5.74) is 0. The lowest BCUT2D eigenvalue weighted by Gasteiger charge is -2.31. The Morgan fingerprint density at radius 2 is 1.92 bits per heavy atom. The summed E-state index contributed by atoms with van der Waals surface area (Å²) in [5.74, 6) is 0.425. The first-order valence-corrected chi connectivity index (χ1v) is 4.79. The minimum atomic E-state index is -0.221. The van der Waals surface area contributed by atoms with Crippen LogP contribution in [-0.2, 0) is 9.53 Å². The van der Waals surface area contributed by atoms with Gasteiger partial charge in [0.1, 0.15) is 0 Å². The highest BCUT2D eigenvalue weighted by Gasteiger charge is 2.25. The van der Waals surface area contributed by atoms with E-state index in [0.29, 0.717) is 12.3 Å². The van der Waals surface area contributed by atoms with E-state index in [0.717, 1.165) is 12.8 Å². The number of halogens is 1. The van der Waals surface area contributed by atoms with Crippen LogP contribution >= 0.6 is 11.6 Å². The molecule has 1 aliphatic rings. The molecule has 0 saturated carbocycles. The zero-order valence-corrected chi connectivity index (χ0v) is 8.30. The summed E-state index contributed by atoms with van der Waals surface area (Å²) in [4.78, 5) is 10.6. The second-order valence-electron chi connectivity index (χ2n) is 3.65. The van der Waals surface area contributed by atoms with Crippen LogP contribution in [0.5, 0.6) is 0 Å². The van der Waals surface area contributed by atoms with Gasteiger partial charge in [0.15, 0.2) is 0 Å². The molecule has 0 aromatic rings. The number of ether oxygens (including phenoxy) is 1. The smallest absolute Gasteiger partial charge is 0.221 e. The van der Waals surface area contributed by atoms with E-state index in [1.54, 1.807) is 0 Å². The monoisotopic (exact) mass is 190 g/mol. The van der Waals surface area contributed by atoms with Gasteiger partial charge in [-0.3, -0.25) is 4.79 Å². The summed E-state index contributed by atoms with van der Waals surface area (Å²) >= 11 is 5.33. The molecule has 70 valence electrons. The fraction of sp³-hybridized carbons (Fsp3) is 0.889. The van der Waals surface area contributed by atoms with Crippen molar-refractivity contribution >= 4 is 16.8 Å². The van der Waals surface area contributed by atoms with E-state index < -0.39 is 0 Å². The third-order valence-corrected chi connectivity index (χ3v) is 2.40. The van der Waals surface area contributed by atoms with Gasteiger partial charge in [0, 0.05) is 6.42 Å². The Hall–Kier alpha value is -0.0800. The van der Waals surface area contributed by atoms with Gasteiger partial charge in [0.05, 0.1) is 12.2 Å². The molecule has 1 aliphatic heterocycles. The van der Waals surface area contributed by atoms with Crippen molar-refractivity contribution in [2.75, 3.05) is 0 Å². The highest BCUT2D eigenvalue weighted by molar-refractivity contribution is 6.63. The molecule has 0 spiro atoms. The maximum absolute atomic E-state index is 10.6. The number of carbonyl (C=O) groups excluding carboxylic acids is 1. The van der Waals surface area contributed by atoms with E-state index in [1.165, 1.54) is 0 Å². The van der Waals surface area contributed by atoms with E-state index in [1.807, 2.05) is 13.8 Å². The Kier molecular flexibility index (Phi) is 3.53. The zero-order valence-electron chi connectivity index (χ0n) is 7.55. The molecule has 1 saturated heterocycles. The molecule has 0 bridgehead atoms. The molecule has 2 nitrogen and oxygen atoms in total. The number of hydrogen-bond acceptors (Lipinski definition) is 2. The predicted molar refractivity (Wildman–Crippen MR) is 48.2 cm³/mol. The van der Waals surface area contributed by atoms with E-state index in [4.69, 9.17) is 16.3 Å². The van der Waals surface area contributed by atoms with Crippen LogP contribution in [0.2, 0.25) is 0 Å². The molecular formula is C9H15ClO2. The first-order chi connectivity index (χ1) is 5.58. The molecule has 0 aliphatic carbocycles. The second kappa shape index (κ2) is 4.24. The minimum Gasteiger partial charge on any atom is -0.376 e. The van der Waals surface area contributed by atoms with Crippen molar-refractivity contribution in [3.63, 3.8) is 0 Å². The fourth-order valence-corrected chi connectivity index (χ4v) is 2.15. The van der Waals surface area contributed by atoms with Crippen molar-refractivity contribution in [3.05, 3.63) is 0 Å². The van der Waals surface area contributed by atoms with Crippen LogP contribution in [0, 0.1) is 5.92 Å². The molecule has 3 heteroatoms. The van der Waals surface area contributed by atoms with Gasteiger partial charge in [0.2, 0.25) is 5.24 Å². The number of hydrogen-bond donors (Lipinski definition) is 0. The third-order valence-electron chi connectivity index (χ3n) is 2.24. The van der Waals surface area contributed by atoms with Crippen LogP contribution in [0.4, 0.5) is 0 Å². The Morgan fingerprint density at radius 1 is 1.42 bits per heavy atom. The van der Waals surface area contributed by atoms with Crippen molar-refractivity contribution in [3.8, 4) is 0 Å². The summed E-state index contributed by atoms with van der Waals surface area (Å²) in [7, 11) is 0. The number of rotatable bonds is 2. The lowest BCUT2D eigenvalue weighted by atomic mass is 9.90. The summed E-state index contributed by atoms with van der Waals surface area (Å²) in [5, 5.41) is -0.221. The molecule has 0 aromatic heterocycles. The second-order valence-corrected chi connectivity index (χ2v) is 4.08. The summed E-state index contributed by atoms with van der Waals surface area (Å²) in [6.07, 6.45) is 2.97. The molecule has 1 fully saturated rings. The average Bonchev–Trinajstić information content (AvgIpc) is 1.81. The van der Waals surface area contributed by atoms with E-state index in [2.05, 4.69) is 0 Å². The summed E-state index contributed by atoms with van der Waals surface area (Å²) in [6, 6.07) is 0. The maximum atomic E-state index is 10.6. The van der Waals surface area contributed by atoms with Crippen molar-refractivity contribution < 1.29 is 9.53 Å². The SMILES string of the molecule is C[C@@H]1CC(CC(=O)Cl)C[C@H](C)O1. The van der Waals surface area contributed by atoms with E-state index in [9.17, 15) is 4.79 Å². The van der Waals surface area contributed by atoms with Gasteiger partial charge in [-0.2, -0.15) is 0 Å². The van der Waals surface area contributed by atoms with Crippen molar-refractivity contribution in [1.82, 2.24) is 0 Å². The van der Waals surface area contributed by atoms with Gasteiger partial charge in [-0.25, -0.2) is 0 Å². The minimum absolute atomic E-state index is 0.221. The van der Waals surface area contributed by atoms with Gasteiger partial charge in [-0.15, -0.1) is 0 Å². The van der Waals surface area contributed by atoms with E-state index in [-0.39, 0.29) is 17.5 Å². The third kappa shape index (κ3) is 3.11. The lowest BCUT2D eigenvalue weighted by Crippen LogP contribution is -2.29. The topological polar surface area (TPSA) is 26.3 Å². The lowest BCUT2D eigenvalue weighted by molar-refractivity contribution is -0.114. The molecule has 12 heavy (non-hydrogen) atoms. The van der Waals surface area contributed by atoms with Gasteiger partial charge in [-0.05, 0) is 44.2 Å². The van der Waals surface area contributed by atoms with Crippen LogP contribution in [0.15, 0.2) is 0 Å². The fourth-order valence-electron chi connectivity index (χ4n) is 1.94. The van der Waals surface area contributed by atoms with Crippen molar-refractivity contribution in [2.24, 2.45) is 5.92 Å². The molecule has 1 heterocycles. The Balaban J connectivity index is 2.38. The molecule has 0 radical (unpaired) electrons. The van der Waals surface area contributed by atoms with Crippen molar-refractivity contribution in [1.29, 1.82) is 0 Å². The van der Waals surface area contributed by atoms with Crippen LogP contribution in [-0.4, -0.2) is 17.5 Å². The Labute approximate surface area is 78.2 Å². The quantitative estimate of drug-likeness (QED) is 0.625.